The fourth-order valence-corrected chi connectivity index (χ4v) is 3.45. The summed E-state index contributed by atoms with van der Waals surface area (Å²) < 4.78 is 0. The van der Waals surface area contributed by atoms with E-state index in [0.717, 1.165) is 11.5 Å². The van der Waals surface area contributed by atoms with Crippen LogP contribution in [-0.2, 0) is 0 Å². The second kappa shape index (κ2) is 6.25. The molecule has 100 valence electrons. The molecule has 3 atom stereocenters. The van der Waals surface area contributed by atoms with Gasteiger partial charge in [-0.2, -0.15) is 0 Å². The van der Waals surface area contributed by atoms with Crippen molar-refractivity contribution in [2.24, 2.45) is 17.7 Å². The van der Waals surface area contributed by atoms with Crippen LogP contribution >= 0.6 is 23.2 Å². The smallest absolute Gasteiger partial charge is 0.0640 e. The maximum absolute atomic E-state index is 6.29. The lowest BCUT2D eigenvalue weighted by Crippen LogP contribution is -2.35. The lowest BCUT2D eigenvalue weighted by molar-refractivity contribution is 0.224. The van der Waals surface area contributed by atoms with Gasteiger partial charge in [0.05, 0.1) is 16.1 Å². The first kappa shape index (κ1) is 14.1. The van der Waals surface area contributed by atoms with Gasteiger partial charge in [-0.15, -0.1) is 0 Å². The van der Waals surface area contributed by atoms with Gasteiger partial charge in [-0.3, -0.25) is 11.3 Å². The molecule has 0 bridgehead atoms. The third-order valence-corrected chi connectivity index (χ3v) is 4.78. The second-order valence-electron chi connectivity index (χ2n) is 5.32. The standard InChI is InChI=1S/C14H20Cl2N2/c1-9-4-2-5-10(8-9)14(18-17)11-6-3-7-12(15)13(11)16/h3,6-7,9-10,14,18H,2,4-5,8,17H2,1H3. The number of benzene rings is 1. The van der Waals surface area contributed by atoms with Gasteiger partial charge in [-0.1, -0.05) is 55.1 Å². The highest BCUT2D eigenvalue weighted by atomic mass is 35.5. The molecule has 18 heavy (non-hydrogen) atoms. The highest BCUT2D eigenvalue weighted by Crippen LogP contribution is 2.40. The molecule has 3 N–H and O–H groups in total. The molecule has 0 amide bonds. The minimum absolute atomic E-state index is 0.0962. The van der Waals surface area contributed by atoms with Crippen LogP contribution in [0.15, 0.2) is 18.2 Å². The first-order chi connectivity index (χ1) is 8.63. The van der Waals surface area contributed by atoms with E-state index in [1.54, 1.807) is 0 Å². The van der Waals surface area contributed by atoms with Crippen molar-refractivity contribution in [3.63, 3.8) is 0 Å². The van der Waals surface area contributed by atoms with Gasteiger partial charge in [0, 0.05) is 0 Å². The molecule has 0 saturated heterocycles. The maximum atomic E-state index is 6.29. The Morgan fingerprint density at radius 3 is 2.78 bits per heavy atom. The second-order valence-corrected chi connectivity index (χ2v) is 6.10. The van der Waals surface area contributed by atoms with Crippen molar-refractivity contribution in [2.75, 3.05) is 0 Å². The fourth-order valence-electron chi connectivity index (χ4n) is 3.02. The Hall–Kier alpha value is -0.280. The van der Waals surface area contributed by atoms with E-state index in [9.17, 15) is 0 Å². The van der Waals surface area contributed by atoms with Crippen molar-refractivity contribution < 1.29 is 0 Å². The fraction of sp³-hybridized carbons (Fsp3) is 0.571. The maximum Gasteiger partial charge on any atom is 0.0640 e. The van der Waals surface area contributed by atoms with Crippen LogP contribution in [0.1, 0.15) is 44.2 Å². The number of halogens is 2. The zero-order valence-corrected chi connectivity index (χ0v) is 12.1. The normalized spacial score (nSPS) is 26.0. The van der Waals surface area contributed by atoms with Crippen LogP contribution in [0.25, 0.3) is 0 Å². The Balaban J connectivity index is 2.24. The number of rotatable bonds is 3. The molecule has 1 fully saturated rings. The van der Waals surface area contributed by atoms with Gasteiger partial charge in [-0.25, -0.2) is 0 Å². The highest BCUT2D eigenvalue weighted by Gasteiger charge is 2.28. The summed E-state index contributed by atoms with van der Waals surface area (Å²) in [7, 11) is 0. The first-order valence-electron chi connectivity index (χ1n) is 6.53. The van der Waals surface area contributed by atoms with Crippen LogP contribution in [0.5, 0.6) is 0 Å². The van der Waals surface area contributed by atoms with E-state index in [1.165, 1.54) is 25.7 Å². The first-order valence-corrected chi connectivity index (χ1v) is 7.29. The average Bonchev–Trinajstić information content (AvgIpc) is 2.35. The number of hydrogen-bond donors (Lipinski definition) is 2. The average molecular weight is 287 g/mol. The molecule has 1 saturated carbocycles. The molecule has 1 aliphatic rings. The summed E-state index contributed by atoms with van der Waals surface area (Å²) in [5.74, 6) is 7.05. The van der Waals surface area contributed by atoms with Gasteiger partial charge in [0.1, 0.15) is 0 Å². The van der Waals surface area contributed by atoms with Gasteiger partial charge in [0.2, 0.25) is 0 Å². The van der Waals surface area contributed by atoms with Crippen molar-refractivity contribution in [3.8, 4) is 0 Å². The van der Waals surface area contributed by atoms with Crippen molar-refractivity contribution in [1.82, 2.24) is 5.43 Å². The summed E-state index contributed by atoms with van der Waals surface area (Å²) in [5, 5.41) is 1.22. The largest absolute Gasteiger partial charge is 0.271 e. The molecule has 0 aliphatic heterocycles. The zero-order chi connectivity index (χ0) is 13.1. The molecule has 0 aromatic heterocycles. The molecule has 2 rings (SSSR count). The third kappa shape index (κ3) is 3.00. The summed E-state index contributed by atoms with van der Waals surface area (Å²) in [6, 6.07) is 5.85. The quantitative estimate of drug-likeness (QED) is 0.641. The monoisotopic (exact) mass is 286 g/mol. The predicted molar refractivity (Wildman–Crippen MR) is 77.6 cm³/mol. The van der Waals surface area contributed by atoms with Crippen molar-refractivity contribution in [3.05, 3.63) is 33.8 Å². The minimum Gasteiger partial charge on any atom is -0.271 e. The van der Waals surface area contributed by atoms with E-state index in [0.29, 0.717) is 16.0 Å². The molecule has 3 unspecified atom stereocenters. The lowest BCUT2D eigenvalue weighted by atomic mass is 9.77. The highest BCUT2D eigenvalue weighted by molar-refractivity contribution is 6.42. The molecule has 1 aliphatic carbocycles. The number of nitrogens with one attached hydrogen (secondary N) is 1. The summed E-state index contributed by atoms with van der Waals surface area (Å²) >= 11 is 12.4. The molecule has 0 spiro atoms. The molecule has 2 nitrogen and oxygen atoms in total. The molecule has 1 aromatic rings. The van der Waals surface area contributed by atoms with Gasteiger partial charge < -0.3 is 0 Å². The number of nitrogens with two attached hydrogens (primary N) is 1. The van der Waals surface area contributed by atoms with E-state index in [1.807, 2.05) is 18.2 Å². The van der Waals surface area contributed by atoms with E-state index in [-0.39, 0.29) is 6.04 Å². The number of hydrogen-bond acceptors (Lipinski definition) is 2. The molecular formula is C14H20Cl2N2. The van der Waals surface area contributed by atoms with Crippen molar-refractivity contribution in [2.45, 2.75) is 38.6 Å². The minimum atomic E-state index is 0.0962. The molecule has 0 heterocycles. The molecular weight excluding hydrogens is 267 g/mol. The number of hydrazine groups is 1. The zero-order valence-electron chi connectivity index (χ0n) is 10.6. The van der Waals surface area contributed by atoms with Gasteiger partial charge in [0.15, 0.2) is 0 Å². The molecule has 1 aromatic carbocycles. The van der Waals surface area contributed by atoms with Crippen LogP contribution in [-0.4, -0.2) is 0 Å². The van der Waals surface area contributed by atoms with Crippen LogP contribution in [0.4, 0.5) is 0 Å². The molecule has 0 radical (unpaired) electrons. The van der Waals surface area contributed by atoms with Gasteiger partial charge >= 0.3 is 0 Å². The lowest BCUT2D eigenvalue weighted by Gasteiger charge is -2.33. The molecule has 4 heteroatoms. The van der Waals surface area contributed by atoms with Crippen molar-refractivity contribution >= 4 is 23.2 Å². The SMILES string of the molecule is CC1CCCC(C(NN)c2cccc(Cl)c2Cl)C1. The summed E-state index contributed by atoms with van der Waals surface area (Å²) in [4.78, 5) is 0. The van der Waals surface area contributed by atoms with Crippen molar-refractivity contribution in [1.29, 1.82) is 0 Å². The van der Waals surface area contributed by atoms with Crippen LogP contribution in [0.3, 0.4) is 0 Å². The third-order valence-electron chi connectivity index (χ3n) is 3.94. The Labute approximate surface area is 119 Å². The Bertz CT molecular complexity index is 409. The Morgan fingerprint density at radius 2 is 2.11 bits per heavy atom. The van der Waals surface area contributed by atoms with E-state index in [2.05, 4.69) is 12.3 Å². The summed E-state index contributed by atoms with van der Waals surface area (Å²) in [6.45, 7) is 2.30. The Kier molecular flexibility index (Phi) is 4.91. The van der Waals surface area contributed by atoms with Crippen LogP contribution in [0.2, 0.25) is 10.0 Å². The Morgan fingerprint density at radius 1 is 1.33 bits per heavy atom. The summed E-state index contributed by atoms with van der Waals surface area (Å²) in [5.41, 5.74) is 3.95. The van der Waals surface area contributed by atoms with Crippen LogP contribution in [0, 0.1) is 11.8 Å². The van der Waals surface area contributed by atoms with E-state index < -0.39 is 0 Å². The van der Waals surface area contributed by atoms with E-state index in [4.69, 9.17) is 29.0 Å². The van der Waals surface area contributed by atoms with Crippen LogP contribution < -0.4 is 11.3 Å². The van der Waals surface area contributed by atoms with Gasteiger partial charge in [0.25, 0.3) is 0 Å². The van der Waals surface area contributed by atoms with Gasteiger partial charge in [-0.05, 0) is 36.3 Å². The topological polar surface area (TPSA) is 38.0 Å². The predicted octanol–water partition coefficient (Wildman–Crippen LogP) is 4.32. The summed E-state index contributed by atoms with van der Waals surface area (Å²) in [6.07, 6.45) is 4.97. The van der Waals surface area contributed by atoms with E-state index >= 15 is 0 Å².